The third-order valence-corrected chi connectivity index (χ3v) is 7.90. The number of hydrogen-bond donors (Lipinski definition) is 3. The van der Waals surface area contributed by atoms with Crippen molar-refractivity contribution < 1.29 is 43.0 Å². The molecule has 1 saturated heterocycles. The second kappa shape index (κ2) is 17.4. The quantitative estimate of drug-likeness (QED) is 0.193. The maximum Gasteiger partial charge on any atom is 0.408 e. The number of esters is 1. The van der Waals surface area contributed by atoms with E-state index in [0.717, 1.165) is 32.1 Å². The first-order chi connectivity index (χ1) is 22.1. The Morgan fingerprint density at radius 1 is 0.812 bits per heavy atom. The van der Waals surface area contributed by atoms with Crippen LogP contribution in [-0.4, -0.2) is 94.6 Å². The number of alkyl carbamates (subject to hydrolysis) is 1. The van der Waals surface area contributed by atoms with E-state index in [1.54, 1.807) is 41.5 Å². The smallest absolute Gasteiger partial charge is 0.408 e. The summed E-state index contributed by atoms with van der Waals surface area (Å²) in [4.78, 5) is 80.6. The zero-order valence-corrected chi connectivity index (χ0v) is 30.8. The minimum Gasteiger partial charge on any atom is -0.460 e. The summed E-state index contributed by atoms with van der Waals surface area (Å²) in [7, 11) is 0. The van der Waals surface area contributed by atoms with E-state index < -0.39 is 76.6 Å². The fourth-order valence-corrected chi connectivity index (χ4v) is 6.08. The highest BCUT2D eigenvalue weighted by molar-refractivity contribution is 6.38. The monoisotopic (exact) mass is 680 g/mol. The fourth-order valence-electron chi connectivity index (χ4n) is 6.08. The minimum absolute atomic E-state index is 0.101. The van der Waals surface area contributed by atoms with Gasteiger partial charge >= 0.3 is 12.1 Å². The van der Waals surface area contributed by atoms with E-state index in [0.29, 0.717) is 6.42 Å². The molecule has 1 aliphatic heterocycles. The molecule has 274 valence electrons. The van der Waals surface area contributed by atoms with Crippen molar-refractivity contribution in [1.29, 1.82) is 0 Å². The van der Waals surface area contributed by atoms with E-state index >= 15 is 0 Å². The highest BCUT2D eigenvalue weighted by Crippen LogP contribution is 2.31. The van der Waals surface area contributed by atoms with Crippen LogP contribution in [0.4, 0.5) is 4.79 Å². The molecule has 1 heterocycles. The second-order valence-electron chi connectivity index (χ2n) is 15.9. The molecule has 1 aliphatic carbocycles. The Hall–Kier alpha value is -3.22. The van der Waals surface area contributed by atoms with E-state index in [4.69, 9.17) is 14.2 Å². The number of amides is 4. The minimum atomic E-state index is -1.14. The first-order valence-corrected chi connectivity index (χ1v) is 17.4. The van der Waals surface area contributed by atoms with Gasteiger partial charge in [-0.05, 0) is 87.5 Å². The number of carbonyl (C=O) groups excluding carboxylic acids is 6. The molecule has 2 aliphatic rings. The molecule has 0 radical (unpaired) electrons. The predicted molar refractivity (Wildman–Crippen MR) is 180 cm³/mol. The molecule has 2 rings (SSSR count). The van der Waals surface area contributed by atoms with Crippen molar-refractivity contribution >= 4 is 35.6 Å². The molecule has 0 aromatic heterocycles. The van der Waals surface area contributed by atoms with Gasteiger partial charge in [0.15, 0.2) is 0 Å². The van der Waals surface area contributed by atoms with Crippen LogP contribution >= 0.6 is 0 Å². The molecular weight excluding hydrogens is 620 g/mol. The van der Waals surface area contributed by atoms with Crippen molar-refractivity contribution in [2.75, 3.05) is 13.1 Å². The van der Waals surface area contributed by atoms with Gasteiger partial charge in [0.25, 0.3) is 5.91 Å². The molecular formula is C35H60N4O9. The summed E-state index contributed by atoms with van der Waals surface area (Å²) < 4.78 is 16.9. The van der Waals surface area contributed by atoms with Gasteiger partial charge in [-0.3, -0.25) is 24.0 Å². The van der Waals surface area contributed by atoms with Crippen molar-refractivity contribution in [1.82, 2.24) is 20.9 Å². The van der Waals surface area contributed by atoms with E-state index in [1.807, 2.05) is 27.7 Å². The number of Topliss-reactive ketones (excluding diaryl/α,β-unsaturated/α-hetero) is 1. The van der Waals surface area contributed by atoms with Crippen LogP contribution in [0.2, 0.25) is 0 Å². The van der Waals surface area contributed by atoms with Crippen LogP contribution in [0.1, 0.15) is 127 Å². The number of hydrogen-bond acceptors (Lipinski definition) is 9. The highest BCUT2D eigenvalue weighted by Gasteiger charge is 2.46. The molecule has 0 aromatic rings. The lowest BCUT2D eigenvalue weighted by Gasteiger charge is -2.35. The van der Waals surface area contributed by atoms with Crippen molar-refractivity contribution in [3.05, 3.63) is 0 Å². The summed E-state index contributed by atoms with van der Waals surface area (Å²) in [6, 6.07) is -3.05. The molecule has 13 nitrogen and oxygen atoms in total. The summed E-state index contributed by atoms with van der Waals surface area (Å²) in [5.74, 6) is -3.42. The number of nitrogens with one attached hydrogen (secondary N) is 3. The third kappa shape index (κ3) is 14.1. The molecule has 4 amide bonds. The average Bonchev–Trinajstić information content (AvgIpc) is 3.35. The molecule has 1 saturated carbocycles. The molecule has 13 heteroatoms. The lowest BCUT2D eigenvalue weighted by atomic mass is 9.83. The topological polar surface area (TPSA) is 169 Å². The maximum absolute atomic E-state index is 14.3. The maximum atomic E-state index is 14.3. The van der Waals surface area contributed by atoms with Crippen LogP contribution in [0.25, 0.3) is 0 Å². The van der Waals surface area contributed by atoms with Crippen LogP contribution in [0, 0.1) is 5.92 Å². The molecule has 4 atom stereocenters. The largest absolute Gasteiger partial charge is 0.460 e. The van der Waals surface area contributed by atoms with Crippen LogP contribution in [0.15, 0.2) is 0 Å². The Morgan fingerprint density at radius 3 is 1.96 bits per heavy atom. The average molecular weight is 681 g/mol. The van der Waals surface area contributed by atoms with Gasteiger partial charge in [0.05, 0.1) is 24.2 Å². The standard InChI is InChI=1S/C35H60N4O9/c1-11-15-24(28(41)30(43)36-19-18-26(40)47-34(5,6)7)37-29(42)25-20-23(46-33(2,3)4)21-39(25)31(44)27(22-16-13-12-14-17-22)38-32(45)48-35(8,9)10/h22-25,27H,11-21H2,1-10H3,(H,36,43)(H,37,42)(H,38,45)/t23-,24?,25+,27+/m1/s1. The molecule has 48 heavy (non-hydrogen) atoms. The van der Waals surface area contributed by atoms with E-state index in [1.165, 1.54) is 4.90 Å². The molecule has 3 N–H and O–H groups in total. The third-order valence-electron chi connectivity index (χ3n) is 7.90. The van der Waals surface area contributed by atoms with Crippen molar-refractivity contribution in [2.45, 2.75) is 168 Å². The van der Waals surface area contributed by atoms with Gasteiger partial charge in [0, 0.05) is 19.5 Å². The normalized spacial score (nSPS) is 20.3. The van der Waals surface area contributed by atoms with Gasteiger partial charge < -0.3 is 35.1 Å². The molecule has 0 bridgehead atoms. The van der Waals surface area contributed by atoms with Crippen molar-refractivity contribution in [3.63, 3.8) is 0 Å². The second-order valence-corrected chi connectivity index (χ2v) is 15.9. The van der Waals surface area contributed by atoms with Gasteiger partial charge in [0.2, 0.25) is 17.6 Å². The fraction of sp³-hybridized carbons (Fsp3) is 0.829. The first-order valence-electron chi connectivity index (χ1n) is 17.4. The molecule has 0 aromatic carbocycles. The van der Waals surface area contributed by atoms with E-state index in [-0.39, 0.29) is 38.3 Å². The summed E-state index contributed by atoms with van der Waals surface area (Å²) >= 11 is 0. The zero-order valence-electron chi connectivity index (χ0n) is 30.8. The van der Waals surface area contributed by atoms with E-state index in [9.17, 15) is 28.8 Å². The predicted octanol–water partition coefficient (Wildman–Crippen LogP) is 3.95. The van der Waals surface area contributed by atoms with Crippen LogP contribution in [0.5, 0.6) is 0 Å². The Morgan fingerprint density at radius 2 is 1.42 bits per heavy atom. The summed E-state index contributed by atoms with van der Waals surface area (Å²) in [5.41, 5.74) is -2.00. The number of likely N-dealkylation sites (tertiary alicyclic amines) is 1. The lowest BCUT2D eigenvalue weighted by Crippen LogP contribution is -2.58. The zero-order chi connectivity index (χ0) is 36.4. The van der Waals surface area contributed by atoms with Gasteiger partial charge in [-0.2, -0.15) is 0 Å². The number of ether oxygens (including phenoxy) is 3. The Balaban J connectivity index is 2.27. The number of nitrogens with zero attached hydrogens (tertiary/aromatic N) is 1. The van der Waals surface area contributed by atoms with Crippen molar-refractivity contribution in [2.24, 2.45) is 5.92 Å². The van der Waals surface area contributed by atoms with Crippen LogP contribution in [0.3, 0.4) is 0 Å². The Labute approximate surface area is 286 Å². The first kappa shape index (κ1) is 41.0. The van der Waals surface area contributed by atoms with Gasteiger partial charge in [-0.15, -0.1) is 0 Å². The number of rotatable bonds is 13. The molecule has 1 unspecified atom stereocenters. The van der Waals surface area contributed by atoms with Crippen molar-refractivity contribution in [3.8, 4) is 0 Å². The Kier molecular flexibility index (Phi) is 14.9. The Bertz CT molecular complexity index is 1150. The lowest BCUT2D eigenvalue weighted by molar-refractivity contribution is -0.154. The summed E-state index contributed by atoms with van der Waals surface area (Å²) in [6.45, 7) is 17.9. The van der Waals surface area contributed by atoms with Crippen LogP contribution in [-0.2, 0) is 38.2 Å². The summed E-state index contributed by atoms with van der Waals surface area (Å²) in [6.07, 6.45) is 3.94. The SMILES string of the molecule is CCCC(NC(=O)[C@@H]1C[C@@H](OC(C)(C)C)CN1C(=O)[C@@H](NC(=O)OC(C)(C)C)C1CCCCC1)C(=O)C(=O)NCCC(=O)OC(C)(C)C. The van der Waals surface area contributed by atoms with E-state index in [2.05, 4.69) is 16.0 Å². The van der Waals surface area contributed by atoms with Gasteiger partial charge in [-0.25, -0.2) is 4.79 Å². The number of ketones is 1. The highest BCUT2D eigenvalue weighted by atomic mass is 16.6. The number of carbonyl (C=O) groups is 6. The van der Waals surface area contributed by atoms with Gasteiger partial charge in [-0.1, -0.05) is 32.6 Å². The van der Waals surface area contributed by atoms with Gasteiger partial charge in [0.1, 0.15) is 23.3 Å². The molecule has 2 fully saturated rings. The van der Waals surface area contributed by atoms with Crippen LogP contribution < -0.4 is 16.0 Å². The molecule has 0 spiro atoms. The summed E-state index contributed by atoms with van der Waals surface area (Å²) in [5, 5.41) is 7.99.